The quantitative estimate of drug-likeness (QED) is 0.437. The predicted octanol–water partition coefficient (Wildman–Crippen LogP) is 3.80. The van der Waals surface area contributed by atoms with E-state index in [1.807, 2.05) is 30.5 Å². The molecule has 3 rings (SSSR count). The van der Waals surface area contributed by atoms with Gasteiger partial charge in [0, 0.05) is 46.4 Å². The van der Waals surface area contributed by atoms with Crippen LogP contribution in [0.4, 0.5) is 0 Å². The summed E-state index contributed by atoms with van der Waals surface area (Å²) in [5, 5.41) is 13.8. The lowest BCUT2D eigenvalue weighted by Gasteiger charge is -2.12. The second-order valence-electron chi connectivity index (χ2n) is 5.83. The van der Waals surface area contributed by atoms with E-state index < -0.39 is 12.0 Å². The molecule has 5 nitrogen and oxygen atoms in total. The van der Waals surface area contributed by atoms with Crippen LogP contribution in [0.1, 0.15) is 15.9 Å². The maximum Gasteiger partial charge on any atom is 0.326 e. The number of rotatable bonds is 7. The number of aromatic nitrogens is 1. The van der Waals surface area contributed by atoms with Gasteiger partial charge in [-0.1, -0.05) is 29.8 Å². The van der Waals surface area contributed by atoms with E-state index in [1.165, 1.54) is 12.3 Å². The van der Waals surface area contributed by atoms with E-state index in [0.717, 1.165) is 16.5 Å². The summed E-state index contributed by atoms with van der Waals surface area (Å²) in [6.45, 7) is 0. The van der Waals surface area contributed by atoms with E-state index in [4.69, 9.17) is 11.6 Å². The molecule has 132 valence electrons. The van der Waals surface area contributed by atoms with Gasteiger partial charge in [-0.25, -0.2) is 4.79 Å². The van der Waals surface area contributed by atoms with Crippen molar-refractivity contribution in [1.82, 2.24) is 10.3 Å². The van der Waals surface area contributed by atoms with Gasteiger partial charge >= 0.3 is 5.97 Å². The van der Waals surface area contributed by atoms with Gasteiger partial charge in [0.15, 0.2) is 5.78 Å². The second-order valence-corrected chi connectivity index (χ2v) is 6.26. The van der Waals surface area contributed by atoms with Crippen molar-refractivity contribution < 1.29 is 14.7 Å². The molecule has 26 heavy (non-hydrogen) atoms. The van der Waals surface area contributed by atoms with Gasteiger partial charge in [-0.05, 0) is 35.9 Å². The van der Waals surface area contributed by atoms with Gasteiger partial charge in [0.05, 0.1) is 0 Å². The number of fused-ring (bicyclic) bond motifs is 1. The third-order valence-electron chi connectivity index (χ3n) is 4.06. The highest BCUT2D eigenvalue weighted by Crippen LogP contribution is 2.19. The molecular formula is C20H17ClN2O3. The Bertz CT molecular complexity index is 961. The molecular weight excluding hydrogens is 352 g/mol. The first-order valence-electron chi connectivity index (χ1n) is 8.05. The molecule has 1 aromatic heterocycles. The van der Waals surface area contributed by atoms with Crippen LogP contribution < -0.4 is 5.32 Å². The zero-order valence-electron chi connectivity index (χ0n) is 13.8. The lowest BCUT2D eigenvalue weighted by atomic mass is 10.1. The second kappa shape index (κ2) is 7.89. The summed E-state index contributed by atoms with van der Waals surface area (Å²) in [6, 6.07) is 13.4. The van der Waals surface area contributed by atoms with E-state index in [-0.39, 0.29) is 5.78 Å². The Morgan fingerprint density at radius 3 is 2.62 bits per heavy atom. The number of nitrogens with one attached hydrogen (secondary N) is 2. The third kappa shape index (κ3) is 4.13. The van der Waals surface area contributed by atoms with Crippen LogP contribution in [0.15, 0.2) is 67.0 Å². The van der Waals surface area contributed by atoms with E-state index in [0.29, 0.717) is 17.0 Å². The molecule has 0 bridgehead atoms. The Kier molecular flexibility index (Phi) is 5.39. The number of carbonyl (C=O) groups excluding carboxylic acids is 1. The number of H-pyrrole nitrogens is 1. The summed E-state index contributed by atoms with van der Waals surface area (Å²) in [4.78, 5) is 26.7. The molecule has 0 saturated carbocycles. The number of allylic oxidation sites excluding steroid dienone is 1. The number of hydrogen-bond acceptors (Lipinski definition) is 3. The minimum atomic E-state index is -0.987. The van der Waals surface area contributed by atoms with Crippen molar-refractivity contribution in [2.45, 2.75) is 12.5 Å². The van der Waals surface area contributed by atoms with Gasteiger partial charge in [-0.15, -0.1) is 0 Å². The molecule has 1 unspecified atom stereocenters. The van der Waals surface area contributed by atoms with Crippen molar-refractivity contribution in [3.63, 3.8) is 0 Å². The normalized spacial score (nSPS) is 12.3. The van der Waals surface area contributed by atoms with Crippen LogP contribution in [0.25, 0.3) is 10.9 Å². The highest BCUT2D eigenvalue weighted by molar-refractivity contribution is 6.30. The number of ketones is 1. The first-order chi connectivity index (χ1) is 12.5. The van der Waals surface area contributed by atoms with Crippen molar-refractivity contribution in [3.05, 3.63) is 83.2 Å². The summed E-state index contributed by atoms with van der Waals surface area (Å²) in [5.74, 6) is -1.22. The standard InChI is InChI=1S/C20H17ClN2O3/c21-15-7-5-13(6-8-15)19(24)9-10-22-18(20(25)26)11-14-12-23-17-4-2-1-3-16(14)17/h1-10,12,18,22-23H,11H2,(H,25,26). The van der Waals surface area contributed by atoms with Crippen molar-refractivity contribution in [1.29, 1.82) is 0 Å². The molecule has 6 heteroatoms. The molecule has 1 atom stereocenters. The molecule has 0 saturated heterocycles. The molecule has 0 spiro atoms. The fourth-order valence-electron chi connectivity index (χ4n) is 2.69. The number of hydrogen-bond donors (Lipinski definition) is 3. The number of carbonyl (C=O) groups is 2. The summed E-state index contributed by atoms with van der Waals surface area (Å²) in [5.41, 5.74) is 2.34. The zero-order valence-corrected chi connectivity index (χ0v) is 14.5. The largest absolute Gasteiger partial charge is 0.480 e. The number of aliphatic carboxylic acids is 1. The molecule has 0 radical (unpaired) electrons. The summed E-state index contributed by atoms with van der Waals surface area (Å²) < 4.78 is 0. The third-order valence-corrected chi connectivity index (χ3v) is 4.31. The van der Waals surface area contributed by atoms with E-state index in [2.05, 4.69) is 10.3 Å². The zero-order chi connectivity index (χ0) is 18.5. The Labute approximate surface area is 155 Å². The van der Waals surface area contributed by atoms with Crippen LogP contribution in [-0.2, 0) is 11.2 Å². The summed E-state index contributed by atoms with van der Waals surface area (Å²) in [7, 11) is 0. The number of aromatic amines is 1. The van der Waals surface area contributed by atoms with Crippen LogP contribution in [0.5, 0.6) is 0 Å². The maximum atomic E-state index is 12.1. The number of carboxylic acid groups (broad SMARTS) is 1. The smallest absolute Gasteiger partial charge is 0.326 e. The van der Waals surface area contributed by atoms with Crippen molar-refractivity contribution in [2.24, 2.45) is 0 Å². The Morgan fingerprint density at radius 2 is 1.88 bits per heavy atom. The molecule has 2 aromatic carbocycles. The highest BCUT2D eigenvalue weighted by Gasteiger charge is 2.18. The minimum Gasteiger partial charge on any atom is -0.480 e. The lowest BCUT2D eigenvalue weighted by molar-refractivity contribution is -0.139. The average molecular weight is 369 g/mol. The fourth-order valence-corrected chi connectivity index (χ4v) is 2.81. The van der Waals surface area contributed by atoms with E-state index in [9.17, 15) is 14.7 Å². The van der Waals surface area contributed by atoms with Crippen molar-refractivity contribution in [3.8, 4) is 0 Å². The Morgan fingerprint density at radius 1 is 1.15 bits per heavy atom. The molecule has 0 aliphatic heterocycles. The van der Waals surface area contributed by atoms with E-state index >= 15 is 0 Å². The van der Waals surface area contributed by atoms with Crippen molar-refractivity contribution in [2.75, 3.05) is 0 Å². The first-order valence-corrected chi connectivity index (χ1v) is 8.42. The van der Waals surface area contributed by atoms with Gasteiger partial charge in [-0.2, -0.15) is 0 Å². The lowest BCUT2D eigenvalue weighted by Crippen LogP contribution is -2.35. The van der Waals surface area contributed by atoms with E-state index in [1.54, 1.807) is 24.3 Å². The number of halogens is 1. The van der Waals surface area contributed by atoms with Gasteiger partial charge in [0.1, 0.15) is 6.04 Å². The van der Waals surface area contributed by atoms with Gasteiger partial charge in [-0.3, -0.25) is 4.79 Å². The summed E-state index contributed by atoms with van der Waals surface area (Å²) >= 11 is 5.80. The minimum absolute atomic E-state index is 0.231. The predicted molar refractivity (Wildman–Crippen MR) is 101 cm³/mol. The molecule has 1 heterocycles. The first kappa shape index (κ1) is 17.8. The molecule has 3 N–H and O–H groups in total. The number of benzene rings is 2. The monoisotopic (exact) mass is 368 g/mol. The fraction of sp³-hybridized carbons (Fsp3) is 0.100. The molecule has 0 aliphatic rings. The van der Waals surface area contributed by atoms with Crippen LogP contribution in [-0.4, -0.2) is 27.9 Å². The van der Waals surface area contributed by atoms with Crippen LogP contribution >= 0.6 is 11.6 Å². The van der Waals surface area contributed by atoms with Gasteiger partial charge in [0.25, 0.3) is 0 Å². The van der Waals surface area contributed by atoms with Gasteiger partial charge < -0.3 is 15.4 Å². The Balaban J connectivity index is 1.68. The van der Waals surface area contributed by atoms with Crippen LogP contribution in [0, 0.1) is 0 Å². The van der Waals surface area contributed by atoms with Crippen molar-refractivity contribution >= 4 is 34.3 Å². The highest BCUT2D eigenvalue weighted by atomic mass is 35.5. The van der Waals surface area contributed by atoms with Crippen LogP contribution in [0.3, 0.4) is 0 Å². The molecule has 0 amide bonds. The SMILES string of the molecule is O=C(C=CNC(Cc1c[nH]c2ccccc12)C(=O)O)c1ccc(Cl)cc1. The molecule has 0 fully saturated rings. The van der Waals surface area contributed by atoms with Crippen LogP contribution in [0.2, 0.25) is 5.02 Å². The number of carboxylic acids is 1. The number of para-hydroxylation sites is 1. The summed E-state index contributed by atoms with van der Waals surface area (Å²) in [6.07, 6.45) is 4.79. The topological polar surface area (TPSA) is 82.2 Å². The van der Waals surface area contributed by atoms with Gasteiger partial charge in [0.2, 0.25) is 0 Å². The molecule has 3 aromatic rings. The average Bonchev–Trinajstić information content (AvgIpc) is 3.04. The molecule has 0 aliphatic carbocycles. The Hall–Kier alpha value is -3.05. The maximum absolute atomic E-state index is 12.1.